The lowest BCUT2D eigenvalue weighted by molar-refractivity contribution is 0.0600. The number of ether oxygens (including phenoxy) is 2. The summed E-state index contributed by atoms with van der Waals surface area (Å²) in [5.41, 5.74) is 2.35. The number of rotatable bonds is 9. The summed E-state index contributed by atoms with van der Waals surface area (Å²) in [5, 5.41) is 0. The summed E-state index contributed by atoms with van der Waals surface area (Å²) in [7, 11) is 5.54. The number of hydrogen-bond acceptors (Lipinski definition) is 4. The molecule has 0 bridgehead atoms. The third-order valence-electron chi connectivity index (χ3n) is 3.98. The highest BCUT2D eigenvalue weighted by Gasteiger charge is 2.08. The molecular formula is C22H27NO3. The zero-order valence-electron chi connectivity index (χ0n) is 15.8. The van der Waals surface area contributed by atoms with Crippen LogP contribution in [0.15, 0.2) is 48.5 Å². The van der Waals surface area contributed by atoms with E-state index >= 15 is 0 Å². The van der Waals surface area contributed by atoms with Crippen LogP contribution in [0.2, 0.25) is 0 Å². The summed E-state index contributed by atoms with van der Waals surface area (Å²) < 4.78 is 10.8. The van der Waals surface area contributed by atoms with Crippen LogP contribution in [0.3, 0.4) is 0 Å². The average Bonchev–Trinajstić information content (AvgIpc) is 2.66. The SMILES string of the molecule is COC(=O)c1ccccc1/C=C/c1ccccc1OCCCCN(C)C. The maximum atomic E-state index is 11.9. The Balaban J connectivity index is 2.06. The number of esters is 1. The second-order valence-corrected chi connectivity index (χ2v) is 6.31. The Bertz CT molecular complexity index is 738. The van der Waals surface area contributed by atoms with E-state index in [9.17, 15) is 4.79 Å². The minimum atomic E-state index is -0.337. The minimum Gasteiger partial charge on any atom is -0.493 e. The summed E-state index contributed by atoms with van der Waals surface area (Å²) in [6.45, 7) is 1.76. The number of benzene rings is 2. The van der Waals surface area contributed by atoms with Gasteiger partial charge < -0.3 is 14.4 Å². The van der Waals surface area contributed by atoms with Gasteiger partial charge in [0.2, 0.25) is 0 Å². The number of nitrogens with zero attached hydrogens (tertiary/aromatic N) is 1. The van der Waals surface area contributed by atoms with Gasteiger partial charge >= 0.3 is 5.97 Å². The standard InChI is InChI=1S/C22H27NO3/c1-23(2)16-8-9-17-26-21-13-7-5-11-19(21)15-14-18-10-4-6-12-20(18)22(24)25-3/h4-7,10-15H,8-9,16-17H2,1-3H3/b15-14+. The number of carbonyl (C=O) groups is 1. The van der Waals surface area contributed by atoms with Crippen molar-refractivity contribution in [3.8, 4) is 5.75 Å². The molecule has 2 aromatic carbocycles. The van der Waals surface area contributed by atoms with Crippen molar-refractivity contribution in [3.63, 3.8) is 0 Å². The first kappa shape index (κ1) is 19.7. The van der Waals surface area contributed by atoms with Crippen molar-refractivity contribution in [1.82, 2.24) is 4.90 Å². The highest BCUT2D eigenvalue weighted by Crippen LogP contribution is 2.22. The topological polar surface area (TPSA) is 38.8 Å². The molecule has 0 aliphatic heterocycles. The summed E-state index contributed by atoms with van der Waals surface area (Å²) in [6.07, 6.45) is 6.01. The fourth-order valence-electron chi connectivity index (χ4n) is 2.58. The maximum absolute atomic E-state index is 11.9. The number of unbranched alkanes of at least 4 members (excludes halogenated alkanes) is 1. The van der Waals surface area contributed by atoms with Crippen molar-refractivity contribution in [1.29, 1.82) is 0 Å². The van der Waals surface area contributed by atoms with Gasteiger partial charge in [0.25, 0.3) is 0 Å². The Morgan fingerprint density at radius 1 is 0.962 bits per heavy atom. The van der Waals surface area contributed by atoms with Gasteiger partial charge in [-0.05, 0) is 51.2 Å². The van der Waals surface area contributed by atoms with Gasteiger partial charge in [0, 0.05) is 5.56 Å². The van der Waals surface area contributed by atoms with Crippen molar-refractivity contribution >= 4 is 18.1 Å². The van der Waals surface area contributed by atoms with Gasteiger partial charge in [-0.1, -0.05) is 48.6 Å². The van der Waals surface area contributed by atoms with Crippen LogP contribution in [-0.2, 0) is 4.74 Å². The molecule has 0 unspecified atom stereocenters. The monoisotopic (exact) mass is 353 g/mol. The number of para-hydroxylation sites is 1. The fourth-order valence-corrected chi connectivity index (χ4v) is 2.58. The van der Waals surface area contributed by atoms with Crippen LogP contribution in [-0.4, -0.2) is 45.2 Å². The first-order valence-corrected chi connectivity index (χ1v) is 8.84. The fraction of sp³-hybridized carbons (Fsp3) is 0.318. The molecule has 2 aromatic rings. The molecule has 0 heterocycles. The molecule has 0 saturated carbocycles. The molecule has 0 amide bonds. The van der Waals surface area contributed by atoms with Gasteiger partial charge in [0.15, 0.2) is 0 Å². The van der Waals surface area contributed by atoms with E-state index in [1.807, 2.05) is 54.6 Å². The molecule has 0 fully saturated rings. The van der Waals surface area contributed by atoms with Crippen molar-refractivity contribution in [2.75, 3.05) is 34.4 Å². The minimum absolute atomic E-state index is 0.337. The van der Waals surface area contributed by atoms with E-state index in [1.165, 1.54) is 7.11 Å². The normalized spacial score (nSPS) is 11.1. The van der Waals surface area contributed by atoms with E-state index < -0.39 is 0 Å². The number of hydrogen-bond donors (Lipinski definition) is 0. The molecule has 0 aromatic heterocycles. The van der Waals surface area contributed by atoms with E-state index in [0.717, 1.165) is 36.3 Å². The van der Waals surface area contributed by atoms with Gasteiger partial charge in [0.1, 0.15) is 5.75 Å². The van der Waals surface area contributed by atoms with Crippen LogP contribution in [0.1, 0.15) is 34.3 Å². The van der Waals surface area contributed by atoms with Gasteiger partial charge in [-0.3, -0.25) is 0 Å². The second kappa shape index (κ2) is 10.4. The predicted octanol–water partition coefficient (Wildman–Crippen LogP) is 4.36. The Kier molecular flexibility index (Phi) is 7.90. The Morgan fingerprint density at radius 3 is 2.35 bits per heavy atom. The summed E-state index contributed by atoms with van der Waals surface area (Å²) >= 11 is 0. The molecule has 0 saturated heterocycles. The molecule has 0 radical (unpaired) electrons. The van der Waals surface area contributed by atoms with E-state index in [0.29, 0.717) is 12.2 Å². The van der Waals surface area contributed by atoms with Crippen molar-refractivity contribution in [2.24, 2.45) is 0 Å². The van der Waals surface area contributed by atoms with Crippen LogP contribution in [0, 0.1) is 0 Å². The molecule has 0 aliphatic rings. The average molecular weight is 353 g/mol. The number of methoxy groups -OCH3 is 1. The molecule has 0 spiro atoms. The zero-order valence-corrected chi connectivity index (χ0v) is 15.8. The molecule has 138 valence electrons. The first-order valence-electron chi connectivity index (χ1n) is 8.84. The molecule has 0 N–H and O–H groups in total. The van der Waals surface area contributed by atoms with Gasteiger partial charge in [-0.25, -0.2) is 4.79 Å². The third-order valence-corrected chi connectivity index (χ3v) is 3.98. The van der Waals surface area contributed by atoms with Crippen LogP contribution < -0.4 is 4.74 Å². The number of carbonyl (C=O) groups excluding carboxylic acids is 1. The van der Waals surface area contributed by atoms with Crippen molar-refractivity contribution < 1.29 is 14.3 Å². The van der Waals surface area contributed by atoms with E-state index in [-0.39, 0.29) is 5.97 Å². The molecular weight excluding hydrogens is 326 g/mol. The van der Waals surface area contributed by atoms with Crippen molar-refractivity contribution in [3.05, 3.63) is 65.2 Å². The van der Waals surface area contributed by atoms with E-state index in [2.05, 4.69) is 19.0 Å². The zero-order chi connectivity index (χ0) is 18.8. The van der Waals surface area contributed by atoms with Gasteiger partial charge in [-0.15, -0.1) is 0 Å². The first-order chi connectivity index (χ1) is 12.6. The van der Waals surface area contributed by atoms with E-state index in [1.54, 1.807) is 6.07 Å². The third kappa shape index (κ3) is 6.05. The second-order valence-electron chi connectivity index (χ2n) is 6.31. The summed E-state index contributed by atoms with van der Waals surface area (Å²) in [4.78, 5) is 14.1. The summed E-state index contributed by atoms with van der Waals surface area (Å²) in [6, 6.07) is 15.3. The largest absolute Gasteiger partial charge is 0.493 e. The van der Waals surface area contributed by atoms with E-state index in [4.69, 9.17) is 9.47 Å². The van der Waals surface area contributed by atoms with Crippen LogP contribution in [0.25, 0.3) is 12.2 Å². The lowest BCUT2D eigenvalue weighted by Gasteiger charge is -2.11. The smallest absolute Gasteiger partial charge is 0.338 e. The van der Waals surface area contributed by atoms with Gasteiger partial charge in [-0.2, -0.15) is 0 Å². The van der Waals surface area contributed by atoms with Crippen molar-refractivity contribution in [2.45, 2.75) is 12.8 Å². The Morgan fingerprint density at radius 2 is 1.62 bits per heavy atom. The Hall–Kier alpha value is -2.59. The van der Waals surface area contributed by atoms with Crippen LogP contribution in [0.4, 0.5) is 0 Å². The van der Waals surface area contributed by atoms with Crippen LogP contribution >= 0.6 is 0 Å². The molecule has 0 aliphatic carbocycles. The molecule has 4 heteroatoms. The maximum Gasteiger partial charge on any atom is 0.338 e. The highest BCUT2D eigenvalue weighted by atomic mass is 16.5. The Labute approximate surface area is 156 Å². The molecule has 2 rings (SSSR count). The quantitative estimate of drug-likeness (QED) is 0.381. The van der Waals surface area contributed by atoms with Gasteiger partial charge in [0.05, 0.1) is 19.3 Å². The lowest BCUT2D eigenvalue weighted by atomic mass is 10.1. The molecule has 26 heavy (non-hydrogen) atoms. The predicted molar refractivity (Wildman–Crippen MR) is 106 cm³/mol. The highest BCUT2D eigenvalue weighted by molar-refractivity contribution is 5.94. The molecule has 4 nitrogen and oxygen atoms in total. The lowest BCUT2D eigenvalue weighted by Crippen LogP contribution is -2.13. The van der Waals surface area contributed by atoms with Crippen LogP contribution in [0.5, 0.6) is 5.75 Å². The molecule has 0 atom stereocenters. The summed E-state index contributed by atoms with van der Waals surface area (Å²) in [5.74, 6) is 0.514.